The third-order valence-electron chi connectivity index (χ3n) is 6.90. The largest absolute Gasteiger partial charge is 0.494 e. The molecule has 3 heteroatoms. The number of hydrogen-bond donors (Lipinski definition) is 1. The van der Waals surface area contributed by atoms with E-state index in [1.54, 1.807) is 0 Å². The van der Waals surface area contributed by atoms with Crippen LogP contribution in [0.25, 0.3) is 0 Å². The number of nitrogen functional groups attached to an aromatic ring is 1. The van der Waals surface area contributed by atoms with Gasteiger partial charge in [0.15, 0.2) is 0 Å². The Morgan fingerprint density at radius 2 is 1.44 bits per heavy atom. The molecule has 1 aliphatic rings. The molecule has 32 heavy (non-hydrogen) atoms. The SMILES string of the molecule is CCCCCC1CCC(c2ccc(OCCCCCCOc3ccccc3N)cc2)CC1. The van der Waals surface area contributed by atoms with E-state index in [0.717, 1.165) is 62.2 Å². The second kappa shape index (κ2) is 14.1. The van der Waals surface area contributed by atoms with Crippen molar-refractivity contribution in [3.63, 3.8) is 0 Å². The summed E-state index contributed by atoms with van der Waals surface area (Å²) in [5.74, 6) is 3.52. The zero-order valence-corrected chi connectivity index (χ0v) is 20.1. The van der Waals surface area contributed by atoms with E-state index in [2.05, 4.69) is 31.2 Å². The van der Waals surface area contributed by atoms with Crippen LogP contribution in [-0.2, 0) is 0 Å². The fraction of sp³-hybridized carbons (Fsp3) is 0.586. The molecule has 0 bridgehead atoms. The Labute approximate surface area is 195 Å². The molecule has 1 saturated carbocycles. The average molecular weight is 438 g/mol. The minimum absolute atomic E-state index is 0.710. The number of benzene rings is 2. The molecule has 0 unspecified atom stereocenters. The monoisotopic (exact) mass is 437 g/mol. The van der Waals surface area contributed by atoms with E-state index in [0.29, 0.717) is 5.69 Å². The molecule has 2 N–H and O–H groups in total. The number of anilines is 1. The summed E-state index contributed by atoms with van der Waals surface area (Å²) in [6.45, 7) is 3.80. The molecular weight excluding hydrogens is 394 g/mol. The van der Waals surface area contributed by atoms with Crippen molar-refractivity contribution in [3.05, 3.63) is 54.1 Å². The van der Waals surface area contributed by atoms with Crippen molar-refractivity contribution in [1.82, 2.24) is 0 Å². The van der Waals surface area contributed by atoms with Gasteiger partial charge in [0.1, 0.15) is 11.5 Å². The summed E-state index contributed by atoms with van der Waals surface area (Å²) in [5, 5.41) is 0. The fourth-order valence-electron chi connectivity index (χ4n) is 4.85. The van der Waals surface area contributed by atoms with Crippen molar-refractivity contribution in [1.29, 1.82) is 0 Å². The van der Waals surface area contributed by atoms with Crippen molar-refractivity contribution < 1.29 is 9.47 Å². The van der Waals surface area contributed by atoms with Gasteiger partial charge in [-0.3, -0.25) is 0 Å². The van der Waals surface area contributed by atoms with Crippen LogP contribution in [0.2, 0.25) is 0 Å². The number of unbranched alkanes of at least 4 members (excludes halogenated alkanes) is 5. The maximum absolute atomic E-state index is 5.96. The normalized spacial score (nSPS) is 18.4. The van der Waals surface area contributed by atoms with E-state index in [1.165, 1.54) is 56.9 Å². The van der Waals surface area contributed by atoms with Gasteiger partial charge in [-0.25, -0.2) is 0 Å². The first-order valence-corrected chi connectivity index (χ1v) is 13.0. The molecule has 0 atom stereocenters. The van der Waals surface area contributed by atoms with E-state index >= 15 is 0 Å². The zero-order valence-electron chi connectivity index (χ0n) is 20.1. The van der Waals surface area contributed by atoms with Crippen LogP contribution in [-0.4, -0.2) is 13.2 Å². The number of rotatable bonds is 14. The molecule has 3 rings (SSSR count). The molecule has 3 nitrogen and oxygen atoms in total. The summed E-state index contributed by atoms with van der Waals surface area (Å²) in [4.78, 5) is 0. The van der Waals surface area contributed by atoms with E-state index in [4.69, 9.17) is 15.2 Å². The first kappa shape index (κ1) is 24.5. The predicted molar refractivity (Wildman–Crippen MR) is 136 cm³/mol. The fourth-order valence-corrected chi connectivity index (χ4v) is 4.85. The topological polar surface area (TPSA) is 44.5 Å². The summed E-state index contributed by atoms with van der Waals surface area (Å²) in [6.07, 6.45) is 15.6. The van der Waals surface area contributed by atoms with Crippen LogP contribution in [0.5, 0.6) is 11.5 Å². The second-order valence-corrected chi connectivity index (χ2v) is 9.43. The van der Waals surface area contributed by atoms with Crippen LogP contribution in [0.1, 0.15) is 95.5 Å². The highest BCUT2D eigenvalue weighted by molar-refractivity contribution is 5.51. The smallest absolute Gasteiger partial charge is 0.142 e. The Morgan fingerprint density at radius 3 is 2.12 bits per heavy atom. The van der Waals surface area contributed by atoms with Gasteiger partial charge in [0.2, 0.25) is 0 Å². The molecule has 0 saturated heterocycles. The molecule has 0 radical (unpaired) electrons. The Balaban J connectivity index is 1.23. The molecule has 1 aliphatic carbocycles. The molecule has 0 spiro atoms. The maximum Gasteiger partial charge on any atom is 0.142 e. The second-order valence-electron chi connectivity index (χ2n) is 9.43. The minimum Gasteiger partial charge on any atom is -0.494 e. The van der Waals surface area contributed by atoms with Crippen molar-refractivity contribution in [3.8, 4) is 11.5 Å². The van der Waals surface area contributed by atoms with E-state index in [9.17, 15) is 0 Å². The van der Waals surface area contributed by atoms with E-state index < -0.39 is 0 Å². The number of ether oxygens (including phenoxy) is 2. The minimum atomic E-state index is 0.710. The van der Waals surface area contributed by atoms with Gasteiger partial charge < -0.3 is 15.2 Å². The van der Waals surface area contributed by atoms with Crippen LogP contribution in [0, 0.1) is 5.92 Å². The summed E-state index contributed by atoms with van der Waals surface area (Å²) in [6, 6.07) is 16.6. The van der Waals surface area contributed by atoms with Gasteiger partial charge in [-0.1, -0.05) is 56.9 Å². The van der Waals surface area contributed by atoms with Crippen molar-refractivity contribution in [2.24, 2.45) is 5.92 Å². The van der Waals surface area contributed by atoms with Gasteiger partial charge >= 0.3 is 0 Å². The molecule has 0 aliphatic heterocycles. The summed E-state index contributed by atoms with van der Waals surface area (Å²) < 4.78 is 11.7. The van der Waals surface area contributed by atoms with Crippen LogP contribution >= 0.6 is 0 Å². The van der Waals surface area contributed by atoms with E-state index in [1.807, 2.05) is 24.3 Å². The Kier molecular flexibility index (Phi) is 10.8. The maximum atomic E-state index is 5.96. The molecular formula is C29H43NO2. The quantitative estimate of drug-likeness (QED) is 0.239. The third kappa shape index (κ3) is 8.41. The first-order chi connectivity index (χ1) is 15.8. The lowest BCUT2D eigenvalue weighted by atomic mass is 9.77. The summed E-state index contributed by atoms with van der Waals surface area (Å²) >= 11 is 0. The Bertz CT molecular complexity index is 750. The molecule has 176 valence electrons. The average Bonchev–Trinajstić information content (AvgIpc) is 2.83. The van der Waals surface area contributed by atoms with Crippen molar-refractivity contribution >= 4 is 5.69 Å². The van der Waals surface area contributed by atoms with E-state index in [-0.39, 0.29) is 0 Å². The number of nitrogens with two attached hydrogens (primary N) is 1. The lowest BCUT2D eigenvalue weighted by Crippen LogP contribution is -2.13. The van der Waals surface area contributed by atoms with Gasteiger partial charge in [-0.05, 0) is 93.0 Å². The van der Waals surface area contributed by atoms with Gasteiger partial charge in [0.25, 0.3) is 0 Å². The van der Waals surface area contributed by atoms with Gasteiger partial charge in [0.05, 0.1) is 18.9 Å². The lowest BCUT2D eigenvalue weighted by Gasteiger charge is -2.29. The highest BCUT2D eigenvalue weighted by Gasteiger charge is 2.22. The Morgan fingerprint density at radius 1 is 0.750 bits per heavy atom. The Hall–Kier alpha value is -2.16. The summed E-state index contributed by atoms with van der Waals surface area (Å²) in [5.41, 5.74) is 8.11. The van der Waals surface area contributed by atoms with Crippen LogP contribution < -0.4 is 15.2 Å². The van der Waals surface area contributed by atoms with Crippen LogP contribution in [0.4, 0.5) is 5.69 Å². The molecule has 0 heterocycles. The lowest BCUT2D eigenvalue weighted by molar-refractivity contribution is 0.288. The molecule has 2 aromatic carbocycles. The highest BCUT2D eigenvalue weighted by atomic mass is 16.5. The zero-order chi connectivity index (χ0) is 22.4. The standard InChI is InChI=1S/C29H43NO2/c1-2-3-6-11-24-14-16-25(17-15-24)26-18-20-27(21-19-26)31-22-9-4-5-10-23-32-29-13-8-7-12-28(29)30/h7-8,12-13,18-21,24-25H,2-6,9-11,14-17,22-23,30H2,1H3. The van der Waals surface area contributed by atoms with Gasteiger partial charge in [-0.15, -0.1) is 0 Å². The summed E-state index contributed by atoms with van der Waals surface area (Å²) in [7, 11) is 0. The molecule has 0 amide bonds. The van der Waals surface area contributed by atoms with Gasteiger partial charge in [-0.2, -0.15) is 0 Å². The number of para-hydroxylation sites is 2. The van der Waals surface area contributed by atoms with Crippen LogP contribution in [0.3, 0.4) is 0 Å². The van der Waals surface area contributed by atoms with Crippen molar-refractivity contribution in [2.75, 3.05) is 18.9 Å². The van der Waals surface area contributed by atoms with Crippen molar-refractivity contribution in [2.45, 2.75) is 89.9 Å². The molecule has 0 aromatic heterocycles. The van der Waals surface area contributed by atoms with Crippen LogP contribution in [0.15, 0.2) is 48.5 Å². The molecule has 1 fully saturated rings. The predicted octanol–water partition coefficient (Wildman–Crippen LogP) is 8.14. The first-order valence-electron chi connectivity index (χ1n) is 13.0. The molecule has 2 aromatic rings. The number of hydrogen-bond acceptors (Lipinski definition) is 3. The van der Waals surface area contributed by atoms with Gasteiger partial charge in [0, 0.05) is 0 Å². The third-order valence-corrected chi connectivity index (χ3v) is 6.90. The highest BCUT2D eigenvalue weighted by Crippen LogP contribution is 2.38.